The molecule has 136 valence electrons. The number of primary amides is 1. The number of amides is 1. The summed E-state index contributed by atoms with van der Waals surface area (Å²) in [4.78, 5) is 20.3. The van der Waals surface area contributed by atoms with Gasteiger partial charge in [0, 0.05) is 48.9 Å². The lowest BCUT2D eigenvalue weighted by atomic mass is 9.93. The number of hydrogen-bond acceptors (Lipinski definition) is 5. The van der Waals surface area contributed by atoms with Crippen LogP contribution in [0.4, 0.5) is 5.82 Å². The number of rotatable bonds is 3. The summed E-state index contributed by atoms with van der Waals surface area (Å²) in [6.07, 6.45) is 0. The first-order valence-corrected chi connectivity index (χ1v) is 8.80. The molecule has 0 unspecified atom stereocenters. The number of aryl methyl sites for hydroxylation is 1. The van der Waals surface area contributed by atoms with Crippen LogP contribution in [0.5, 0.6) is 0 Å². The van der Waals surface area contributed by atoms with E-state index in [1.807, 2.05) is 11.4 Å². The Kier molecular flexibility index (Phi) is 4.45. The first kappa shape index (κ1) is 17.7. The number of fused-ring (bicyclic) bond motifs is 1. The highest BCUT2D eigenvalue weighted by molar-refractivity contribution is 5.76. The SMILES string of the molecule is Cc1nc2cc(C(C)(C)C)nn2c(N2CCN(CC(N)=O)CC2)c1C. The predicted molar refractivity (Wildman–Crippen MR) is 99.0 cm³/mol. The van der Waals surface area contributed by atoms with Gasteiger partial charge in [0.15, 0.2) is 5.65 Å². The summed E-state index contributed by atoms with van der Waals surface area (Å²) in [7, 11) is 0. The highest BCUT2D eigenvalue weighted by Crippen LogP contribution is 2.28. The zero-order valence-electron chi connectivity index (χ0n) is 15.8. The highest BCUT2D eigenvalue weighted by Gasteiger charge is 2.25. The van der Waals surface area contributed by atoms with Gasteiger partial charge in [0.2, 0.25) is 5.91 Å². The maximum Gasteiger partial charge on any atom is 0.231 e. The van der Waals surface area contributed by atoms with Crippen molar-refractivity contribution in [3.63, 3.8) is 0 Å². The molecule has 0 atom stereocenters. The molecule has 1 amide bonds. The third-order valence-electron chi connectivity index (χ3n) is 4.87. The summed E-state index contributed by atoms with van der Waals surface area (Å²) < 4.78 is 1.98. The van der Waals surface area contributed by atoms with Gasteiger partial charge in [0.1, 0.15) is 5.82 Å². The van der Waals surface area contributed by atoms with E-state index >= 15 is 0 Å². The Balaban J connectivity index is 1.97. The summed E-state index contributed by atoms with van der Waals surface area (Å²) in [5.74, 6) is 0.838. The summed E-state index contributed by atoms with van der Waals surface area (Å²) in [5, 5.41) is 4.85. The lowest BCUT2D eigenvalue weighted by Gasteiger charge is -2.36. The van der Waals surface area contributed by atoms with E-state index < -0.39 is 0 Å². The fraction of sp³-hybridized carbons (Fsp3) is 0.611. The molecule has 2 aromatic heterocycles. The molecule has 2 N–H and O–H groups in total. The van der Waals surface area contributed by atoms with Gasteiger partial charge in [0.25, 0.3) is 0 Å². The Morgan fingerprint density at radius 1 is 1.20 bits per heavy atom. The molecule has 0 aliphatic carbocycles. The Labute approximate surface area is 148 Å². The van der Waals surface area contributed by atoms with Crippen LogP contribution in [0.15, 0.2) is 6.07 Å². The number of anilines is 1. The molecule has 25 heavy (non-hydrogen) atoms. The molecule has 1 fully saturated rings. The zero-order chi connectivity index (χ0) is 18.4. The standard InChI is InChI=1S/C18H28N6O/c1-12-13(2)20-16-10-14(18(3,4)5)21-24(16)17(12)23-8-6-22(7-9-23)11-15(19)25/h10H,6-9,11H2,1-5H3,(H2,19,25). The van der Waals surface area contributed by atoms with Crippen LogP contribution in [0, 0.1) is 13.8 Å². The average molecular weight is 344 g/mol. The smallest absolute Gasteiger partial charge is 0.231 e. The normalized spacial score (nSPS) is 16.6. The monoisotopic (exact) mass is 344 g/mol. The van der Waals surface area contributed by atoms with Gasteiger partial charge in [-0.2, -0.15) is 9.61 Å². The Morgan fingerprint density at radius 3 is 2.40 bits per heavy atom. The highest BCUT2D eigenvalue weighted by atomic mass is 16.1. The molecule has 7 nitrogen and oxygen atoms in total. The van der Waals surface area contributed by atoms with E-state index in [9.17, 15) is 4.79 Å². The van der Waals surface area contributed by atoms with E-state index in [0.717, 1.165) is 54.6 Å². The zero-order valence-corrected chi connectivity index (χ0v) is 15.8. The molecule has 2 aromatic rings. The van der Waals surface area contributed by atoms with Gasteiger partial charge in [-0.1, -0.05) is 20.8 Å². The van der Waals surface area contributed by atoms with E-state index in [4.69, 9.17) is 15.8 Å². The number of nitrogens with zero attached hydrogens (tertiary/aromatic N) is 5. The molecule has 0 radical (unpaired) electrons. The van der Waals surface area contributed by atoms with Crippen molar-refractivity contribution in [2.75, 3.05) is 37.6 Å². The Bertz CT molecular complexity index is 796. The van der Waals surface area contributed by atoms with Crippen molar-refractivity contribution < 1.29 is 4.79 Å². The number of hydrogen-bond donors (Lipinski definition) is 1. The number of piperazine rings is 1. The quantitative estimate of drug-likeness (QED) is 0.906. The van der Waals surface area contributed by atoms with Gasteiger partial charge in [0.05, 0.1) is 12.2 Å². The van der Waals surface area contributed by atoms with Crippen molar-refractivity contribution in [2.24, 2.45) is 5.73 Å². The van der Waals surface area contributed by atoms with Crippen LogP contribution in [-0.2, 0) is 10.2 Å². The molecule has 0 aromatic carbocycles. The number of carbonyl (C=O) groups is 1. The van der Waals surface area contributed by atoms with Crippen LogP contribution in [0.3, 0.4) is 0 Å². The fourth-order valence-electron chi connectivity index (χ4n) is 3.26. The van der Waals surface area contributed by atoms with Crippen LogP contribution in [0.25, 0.3) is 5.65 Å². The Morgan fingerprint density at radius 2 is 1.84 bits per heavy atom. The molecule has 1 saturated heterocycles. The first-order valence-electron chi connectivity index (χ1n) is 8.80. The van der Waals surface area contributed by atoms with Crippen molar-refractivity contribution in [3.05, 3.63) is 23.0 Å². The molecule has 1 aliphatic heterocycles. The molecule has 0 spiro atoms. The largest absolute Gasteiger partial charge is 0.369 e. The third-order valence-corrected chi connectivity index (χ3v) is 4.87. The fourth-order valence-corrected chi connectivity index (χ4v) is 3.26. The molecular formula is C18H28N6O. The summed E-state index contributed by atoms with van der Waals surface area (Å²) in [6.45, 7) is 14.3. The minimum Gasteiger partial charge on any atom is -0.369 e. The molecule has 1 aliphatic rings. The summed E-state index contributed by atoms with van der Waals surface area (Å²) in [6, 6.07) is 2.08. The number of aromatic nitrogens is 3. The van der Waals surface area contributed by atoms with Crippen molar-refractivity contribution >= 4 is 17.4 Å². The average Bonchev–Trinajstić information content (AvgIpc) is 2.92. The van der Waals surface area contributed by atoms with E-state index in [-0.39, 0.29) is 11.3 Å². The minimum atomic E-state index is -0.270. The van der Waals surface area contributed by atoms with E-state index in [2.05, 4.69) is 43.6 Å². The van der Waals surface area contributed by atoms with Gasteiger partial charge in [-0.05, 0) is 13.8 Å². The van der Waals surface area contributed by atoms with Gasteiger partial charge >= 0.3 is 0 Å². The molecule has 3 rings (SSSR count). The van der Waals surface area contributed by atoms with Crippen LogP contribution in [0.1, 0.15) is 37.7 Å². The molecule has 3 heterocycles. The first-order chi connectivity index (χ1) is 11.7. The lowest BCUT2D eigenvalue weighted by Crippen LogP contribution is -2.49. The predicted octanol–water partition coefficient (Wildman–Crippen LogP) is 1.25. The van der Waals surface area contributed by atoms with E-state index in [1.54, 1.807) is 0 Å². The molecule has 0 saturated carbocycles. The summed E-state index contributed by atoms with van der Waals surface area (Å²) in [5.41, 5.74) is 9.41. The van der Waals surface area contributed by atoms with Gasteiger partial charge in [-0.3, -0.25) is 9.69 Å². The van der Waals surface area contributed by atoms with Crippen LogP contribution >= 0.6 is 0 Å². The van der Waals surface area contributed by atoms with Crippen LogP contribution in [-0.4, -0.2) is 58.1 Å². The van der Waals surface area contributed by atoms with Gasteiger partial charge in [-0.25, -0.2) is 4.98 Å². The topological polar surface area (TPSA) is 79.8 Å². The second kappa shape index (κ2) is 6.29. The maximum atomic E-state index is 11.1. The van der Waals surface area contributed by atoms with Crippen LogP contribution in [0.2, 0.25) is 0 Å². The molecule has 7 heteroatoms. The van der Waals surface area contributed by atoms with Crippen molar-refractivity contribution in [1.29, 1.82) is 0 Å². The van der Waals surface area contributed by atoms with Crippen molar-refractivity contribution in [1.82, 2.24) is 19.5 Å². The second-order valence-electron chi connectivity index (χ2n) is 7.92. The molecular weight excluding hydrogens is 316 g/mol. The van der Waals surface area contributed by atoms with Gasteiger partial charge in [-0.15, -0.1) is 0 Å². The number of carbonyl (C=O) groups excluding carboxylic acids is 1. The summed E-state index contributed by atoms with van der Waals surface area (Å²) >= 11 is 0. The van der Waals surface area contributed by atoms with Crippen LogP contribution < -0.4 is 10.6 Å². The third kappa shape index (κ3) is 3.46. The number of nitrogens with two attached hydrogens (primary N) is 1. The Hall–Kier alpha value is -2.15. The van der Waals surface area contributed by atoms with E-state index in [0.29, 0.717) is 6.54 Å². The van der Waals surface area contributed by atoms with E-state index in [1.165, 1.54) is 0 Å². The molecule has 0 bridgehead atoms. The maximum absolute atomic E-state index is 11.1. The second-order valence-corrected chi connectivity index (χ2v) is 7.92. The van der Waals surface area contributed by atoms with Crippen molar-refractivity contribution in [2.45, 2.75) is 40.0 Å². The lowest BCUT2D eigenvalue weighted by molar-refractivity contribution is -0.119. The minimum absolute atomic E-state index is 0.0209. The van der Waals surface area contributed by atoms with Crippen molar-refractivity contribution in [3.8, 4) is 0 Å². The van der Waals surface area contributed by atoms with Gasteiger partial charge < -0.3 is 10.6 Å².